The minimum atomic E-state index is -0.229. The summed E-state index contributed by atoms with van der Waals surface area (Å²) in [6.45, 7) is 4.97. The van der Waals surface area contributed by atoms with Crippen molar-refractivity contribution in [1.29, 1.82) is 0 Å². The zero-order chi connectivity index (χ0) is 18.0. The van der Waals surface area contributed by atoms with Crippen molar-refractivity contribution in [2.45, 2.75) is 33.4 Å². The van der Waals surface area contributed by atoms with Gasteiger partial charge in [-0.05, 0) is 49.7 Å². The number of nitrogens with zero attached hydrogens (tertiary/aromatic N) is 2. The number of amides is 2. The lowest BCUT2D eigenvalue weighted by Crippen LogP contribution is -2.25. The summed E-state index contributed by atoms with van der Waals surface area (Å²) >= 11 is 5.13. The van der Waals surface area contributed by atoms with Gasteiger partial charge in [0.15, 0.2) is 10.6 Å². The topological polar surface area (TPSA) is 91.8 Å². The van der Waals surface area contributed by atoms with Crippen molar-refractivity contribution in [3.8, 4) is 0 Å². The molecular weight excluding hydrogens is 338 g/mol. The Morgan fingerprint density at radius 1 is 1.44 bits per heavy atom. The first-order valence-electron chi connectivity index (χ1n) is 8.32. The van der Waals surface area contributed by atoms with Crippen LogP contribution in [0.15, 0.2) is 24.3 Å². The fourth-order valence-electron chi connectivity index (χ4n) is 2.73. The van der Waals surface area contributed by atoms with Crippen LogP contribution >= 0.6 is 12.2 Å². The van der Waals surface area contributed by atoms with Crippen molar-refractivity contribution < 1.29 is 9.59 Å². The van der Waals surface area contributed by atoms with Crippen molar-refractivity contribution in [3.63, 3.8) is 0 Å². The third kappa shape index (κ3) is 3.96. The summed E-state index contributed by atoms with van der Waals surface area (Å²) in [7, 11) is 0. The van der Waals surface area contributed by atoms with Crippen molar-refractivity contribution in [2.24, 2.45) is 11.8 Å². The number of carbonyl (C=O) groups is 2. The van der Waals surface area contributed by atoms with Gasteiger partial charge in [-0.25, -0.2) is 0 Å². The molecule has 1 aromatic carbocycles. The molecule has 8 heteroatoms. The number of hydrogen-bond acceptors (Lipinski definition) is 4. The number of aromatic amines is 1. The van der Waals surface area contributed by atoms with Crippen molar-refractivity contribution in [1.82, 2.24) is 20.1 Å². The minimum absolute atomic E-state index is 0.0172. The van der Waals surface area contributed by atoms with Gasteiger partial charge in [0.1, 0.15) is 0 Å². The fourth-order valence-corrected chi connectivity index (χ4v) is 3.01. The monoisotopic (exact) mass is 359 g/mol. The van der Waals surface area contributed by atoms with E-state index >= 15 is 0 Å². The largest absolute Gasteiger partial charge is 0.345 e. The molecule has 2 aromatic rings. The van der Waals surface area contributed by atoms with Crippen LogP contribution in [0.25, 0.3) is 0 Å². The second-order valence-corrected chi connectivity index (χ2v) is 6.65. The number of aromatic nitrogens is 3. The Morgan fingerprint density at radius 2 is 2.20 bits per heavy atom. The van der Waals surface area contributed by atoms with Crippen molar-refractivity contribution >= 4 is 29.7 Å². The molecule has 3 rings (SSSR count). The van der Waals surface area contributed by atoms with Gasteiger partial charge in [-0.3, -0.25) is 14.7 Å². The molecule has 3 N–H and O–H groups in total. The number of hydrogen-bond donors (Lipinski definition) is 3. The van der Waals surface area contributed by atoms with Crippen molar-refractivity contribution in [3.05, 3.63) is 40.4 Å². The number of benzene rings is 1. The average molecular weight is 359 g/mol. The number of rotatable bonds is 6. The molecule has 1 aromatic heterocycles. The highest BCUT2D eigenvalue weighted by molar-refractivity contribution is 7.71. The van der Waals surface area contributed by atoms with Crippen LogP contribution in [-0.4, -0.2) is 26.6 Å². The molecule has 0 aliphatic heterocycles. The smallest absolute Gasteiger partial charge is 0.251 e. The van der Waals surface area contributed by atoms with E-state index in [2.05, 4.69) is 27.8 Å². The van der Waals surface area contributed by atoms with E-state index in [4.69, 9.17) is 12.2 Å². The highest BCUT2D eigenvalue weighted by Crippen LogP contribution is 2.38. The third-order valence-corrected chi connectivity index (χ3v) is 4.71. The molecule has 1 saturated carbocycles. The van der Waals surface area contributed by atoms with E-state index in [-0.39, 0.29) is 24.3 Å². The molecule has 2 unspecified atom stereocenters. The van der Waals surface area contributed by atoms with Gasteiger partial charge < -0.3 is 15.2 Å². The van der Waals surface area contributed by atoms with E-state index in [1.165, 1.54) is 0 Å². The van der Waals surface area contributed by atoms with Gasteiger partial charge in [-0.1, -0.05) is 13.0 Å². The van der Waals surface area contributed by atoms with Gasteiger partial charge in [0, 0.05) is 23.7 Å². The molecule has 0 bridgehead atoms. The normalized spacial score (nSPS) is 18.6. The molecule has 7 nitrogen and oxygen atoms in total. The second kappa shape index (κ2) is 7.18. The van der Waals surface area contributed by atoms with Gasteiger partial charge in [0.05, 0.1) is 6.54 Å². The number of nitrogens with one attached hydrogen (secondary N) is 3. The molecular formula is C17H21N5O2S. The molecule has 1 fully saturated rings. The Balaban J connectivity index is 1.63. The standard InChI is InChI=1S/C17H21N5O2S/c1-3-22-14(20-21-17(22)25)9-18-15(23)11-5-4-6-12(8-11)19-16(24)13-7-10(13)2/h4-6,8,10,13H,3,7,9H2,1-2H3,(H,18,23)(H,19,24)(H,21,25). The SMILES string of the molecule is CCn1c(CNC(=O)c2cccc(NC(=O)C3CC3C)c2)n[nH]c1=S. The van der Waals surface area contributed by atoms with Crippen LogP contribution in [0.3, 0.4) is 0 Å². The molecule has 1 heterocycles. The fraction of sp³-hybridized carbons (Fsp3) is 0.412. The third-order valence-electron chi connectivity index (χ3n) is 4.40. The summed E-state index contributed by atoms with van der Waals surface area (Å²) in [6.07, 6.45) is 0.929. The van der Waals surface area contributed by atoms with Gasteiger partial charge >= 0.3 is 0 Å². The Kier molecular flexibility index (Phi) is 4.98. The van der Waals surface area contributed by atoms with Gasteiger partial charge in [-0.15, -0.1) is 0 Å². The molecule has 2 atom stereocenters. The van der Waals surface area contributed by atoms with Crippen LogP contribution in [-0.2, 0) is 17.9 Å². The number of carbonyl (C=O) groups excluding carboxylic acids is 2. The van der Waals surface area contributed by atoms with E-state index in [9.17, 15) is 9.59 Å². The zero-order valence-electron chi connectivity index (χ0n) is 14.2. The lowest BCUT2D eigenvalue weighted by atomic mass is 10.2. The number of anilines is 1. The second-order valence-electron chi connectivity index (χ2n) is 6.26. The van der Waals surface area contributed by atoms with Gasteiger partial charge in [0.2, 0.25) is 5.91 Å². The summed E-state index contributed by atoms with van der Waals surface area (Å²) in [5.74, 6) is 0.998. The Bertz CT molecular complexity index is 857. The highest BCUT2D eigenvalue weighted by Gasteiger charge is 2.39. The van der Waals surface area contributed by atoms with Crippen LogP contribution in [0.1, 0.15) is 36.5 Å². The lowest BCUT2D eigenvalue weighted by molar-refractivity contribution is -0.117. The molecule has 132 valence electrons. The summed E-state index contributed by atoms with van der Waals surface area (Å²) < 4.78 is 2.36. The Morgan fingerprint density at radius 3 is 2.88 bits per heavy atom. The van der Waals surface area contributed by atoms with E-state index in [1.54, 1.807) is 24.3 Å². The summed E-state index contributed by atoms with van der Waals surface area (Å²) in [6, 6.07) is 6.92. The zero-order valence-corrected chi connectivity index (χ0v) is 15.0. The van der Waals surface area contributed by atoms with Crippen molar-refractivity contribution in [2.75, 3.05) is 5.32 Å². The quantitative estimate of drug-likeness (QED) is 0.691. The summed E-state index contributed by atoms with van der Waals surface area (Å²) in [5.41, 5.74) is 1.12. The summed E-state index contributed by atoms with van der Waals surface area (Å²) in [5, 5.41) is 12.5. The molecule has 1 aliphatic carbocycles. The van der Waals surface area contributed by atoms with Crippen LogP contribution in [0.5, 0.6) is 0 Å². The highest BCUT2D eigenvalue weighted by atomic mass is 32.1. The maximum Gasteiger partial charge on any atom is 0.251 e. The first-order valence-corrected chi connectivity index (χ1v) is 8.73. The van der Waals surface area contributed by atoms with Gasteiger partial charge in [0.25, 0.3) is 5.91 Å². The molecule has 2 amide bonds. The van der Waals surface area contributed by atoms with Crippen LogP contribution < -0.4 is 10.6 Å². The summed E-state index contributed by atoms with van der Waals surface area (Å²) in [4.78, 5) is 24.4. The maximum absolute atomic E-state index is 12.4. The van der Waals surface area contributed by atoms with E-state index in [0.29, 0.717) is 34.3 Å². The van der Waals surface area contributed by atoms with Gasteiger partial charge in [-0.2, -0.15) is 5.10 Å². The predicted molar refractivity (Wildman–Crippen MR) is 96.6 cm³/mol. The molecule has 0 spiro atoms. The molecule has 1 aliphatic rings. The molecule has 0 radical (unpaired) electrons. The predicted octanol–water partition coefficient (Wildman–Crippen LogP) is 2.49. The Labute approximate surface area is 150 Å². The van der Waals surface area contributed by atoms with Crippen LogP contribution in [0.2, 0.25) is 0 Å². The van der Waals surface area contributed by atoms with E-state index in [1.807, 2.05) is 11.5 Å². The van der Waals surface area contributed by atoms with E-state index in [0.717, 1.165) is 6.42 Å². The molecule has 0 saturated heterocycles. The maximum atomic E-state index is 12.4. The number of H-pyrrole nitrogens is 1. The van der Waals surface area contributed by atoms with Crippen LogP contribution in [0.4, 0.5) is 5.69 Å². The molecule has 25 heavy (non-hydrogen) atoms. The minimum Gasteiger partial charge on any atom is -0.345 e. The Hall–Kier alpha value is -2.48. The lowest BCUT2D eigenvalue weighted by Gasteiger charge is -2.08. The van der Waals surface area contributed by atoms with E-state index < -0.39 is 0 Å². The first-order chi connectivity index (χ1) is 12.0. The first kappa shape index (κ1) is 17.3. The average Bonchev–Trinajstić information content (AvgIpc) is 3.23. The van der Waals surface area contributed by atoms with Crippen LogP contribution in [0, 0.1) is 16.6 Å².